The average Bonchev–Trinajstić information content (AvgIpc) is 2.84. The number of ether oxygens (including phenoxy) is 3. The molecule has 0 saturated carbocycles. The highest BCUT2D eigenvalue weighted by Crippen LogP contribution is 2.28. The van der Waals surface area contributed by atoms with Gasteiger partial charge in [-0.1, -0.05) is 38.2 Å². The van der Waals surface area contributed by atoms with E-state index in [0.29, 0.717) is 35.2 Å². The molecule has 9 nitrogen and oxygen atoms in total. The van der Waals surface area contributed by atoms with Crippen LogP contribution in [-0.2, 0) is 25.4 Å². The van der Waals surface area contributed by atoms with E-state index < -0.39 is 30.5 Å². The van der Waals surface area contributed by atoms with Gasteiger partial charge in [0, 0.05) is 31.4 Å². The fraction of sp³-hybridized carbons (Fsp3) is 0.500. The third-order valence-corrected chi connectivity index (χ3v) is 6.56. The van der Waals surface area contributed by atoms with Crippen molar-refractivity contribution in [3.8, 4) is 5.75 Å². The summed E-state index contributed by atoms with van der Waals surface area (Å²) in [5.74, 6) is -0.469. The number of carbonyl (C=O) groups excluding carboxylic acids is 2. The van der Waals surface area contributed by atoms with Crippen LogP contribution in [0.15, 0.2) is 53.6 Å². The van der Waals surface area contributed by atoms with E-state index in [1.54, 1.807) is 57.4 Å². The number of nitrogens with one attached hydrogen (secondary N) is 1. The lowest BCUT2D eigenvalue weighted by atomic mass is 9.88. The fourth-order valence-corrected chi connectivity index (χ4v) is 4.47. The Balaban J connectivity index is 2.53. The molecule has 2 bridgehead atoms. The first-order valence-corrected chi connectivity index (χ1v) is 12.3. The van der Waals surface area contributed by atoms with Crippen molar-refractivity contribution in [3.05, 3.63) is 59.2 Å². The van der Waals surface area contributed by atoms with Gasteiger partial charge in [0.1, 0.15) is 11.9 Å². The molecule has 2 rings (SSSR count). The topological polar surface area (TPSA) is 140 Å². The number of nitrogens with two attached hydrogens (primary N) is 1. The number of aromatic hydroxyl groups is 1. The number of aliphatic hydroxyl groups excluding tert-OH is 1. The molecule has 1 heterocycles. The van der Waals surface area contributed by atoms with E-state index in [-0.39, 0.29) is 23.5 Å². The minimum absolute atomic E-state index is 0.0467. The molecular formula is C28H40N2O7. The lowest BCUT2D eigenvalue weighted by Gasteiger charge is -2.29. The lowest BCUT2D eigenvalue weighted by Crippen LogP contribution is -2.37. The number of hydrogen-bond acceptors (Lipinski definition) is 7. The molecule has 5 N–H and O–H groups in total. The molecule has 0 aliphatic carbocycles. The zero-order chi connectivity index (χ0) is 27.7. The van der Waals surface area contributed by atoms with E-state index in [9.17, 15) is 19.8 Å². The number of hydrogen-bond donors (Lipinski definition) is 4. The third kappa shape index (κ3) is 8.73. The minimum atomic E-state index is -0.959. The minimum Gasteiger partial charge on any atom is -0.508 e. The van der Waals surface area contributed by atoms with Crippen molar-refractivity contribution < 1.29 is 34.0 Å². The summed E-state index contributed by atoms with van der Waals surface area (Å²) in [7, 11) is 3.02. The first-order chi connectivity index (χ1) is 17.5. The lowest BCUT2D eigenvalue weighted by molar-refractivity contribution is -0.112. The molecule has 6 atom stereocenters. The van der Waals surface area contributed by atoms with Crippen LogP contribution in [0.2, 0.25) is 0 Å². The molecule has 9 heteroatoms. The number of anilines is 1. The van der Waals surface area contributed by atoms with Crippen LogP contribution >= 0.6 is 0 Å². The zero-order valence-electron chi connectivity index (χ0n) is 22.4. The second kappa shape index (κ2) is 14.0. The molecule has 0 aromatic heterocycles. The van der Waals surface area contributed by atoms with Gasteiger partial charge in [-0.05, 0) is 61.9 Å². The van der Waals surface area contributed by atoms with Crippen LogP contribution in [-0.4, -0.2) is 60.8 Å². The van der Waals surface area contributed by atoms with Crippen molar-refractivity contribution in [1.29, 1.82) is 0 Å². The number of allylic oxidation sites excluding steroid dienone is 2. The van der Waals surface area contributed by atoms with E-state index >= 15 is 0 Å². The molecule has 1 aliphatic rings. The predicted molar refractivity (Wildman–Crippen MR) is 142 cm³/mol. The SMILES string of the molecule is CO[C@H]1/C=C\C=C(/C)C(=O)Nc2ccc(O)c(c2)C[C@@H](C)C[C@H](OC)[C@@H](O)C(C)/C=C(\C)[C@@H]1OC(N)=O. The largest absolute Gasteiger partial charge is 0.508 e. The number of benzene rings is 1. The highest BCUT2D eigenvalue weighted by molar-refractivity contribution is 6.03. The van der Waals surface area contributed by atoms with Crippen molar-refractivity contribution >= 4 is 17.7 Å². The molecule has 0 fully saturated rings. The number of fused-ring (bicyclic) bond motifs is 2. The summed E-state index contributed by atoms with van der Waals surface area (Å²) in [6.07, 6.45) is 3.95. The van der Waals surface area contributed by atoms with Crippen molar-refractivity contribution in [2.45, 2.75) is 65.0 Å². The molecule has 1 aliphatic heterocycles. The second-order valence-corrected chi connectivity index (χ2v) is 9.67. The van der Waals surface area contributed by atoms with Crippen LogP contribution in [0.25, 0.3) is 0 Å². The Hall–Kier alpha value is -3.14. The first kappa shape index (κ1) is 30.1. The summed E-state index contributed by atoms with van der Waals surface area (Å²) < 4.78 is 16.5. The highest BCUT2D eigenvalue weighted by Gasteiger charge is 2.29. The number of carbonyl (C=O) groups is 2. The number of rotatable bonds is 3. The van der Waals surface area contributed by atoms with Crippen LogP contribution in [0.5, 0.6) is 5.75 Å². The number of amides is 2. The van der Waals surface area contributed by atoms with Crippen molar-refractivity contribution in [2.24, 2.45) is 17.6 Å². The quantitative estimate of drug-likeness (QED) is 0.353. The number of primary amides is 1. The number of phenolic OH excluding ortho intramolecular Hbond substituents is 1. The fourth-order valence-electron chi connectivity index (χ4n) is 4.47. The maximum absolute atomic E-state index is 12.7. The van der Waals surface area contributed by atoms with Crippen LogP contribution < -0.4 is 11.1 Å². The van der Waals surface area contributed by atoms with Gasteiger partial charge in [-0.3, -0.25) is 4.79 Å². The van der Waals surface area contributed by atoms with E-state index in [2.05, 4.69) is 5.32 Å². The number of phenols is 1. The normalized spacial score (nSPS) is 31.8. The van der Waals surface area contributed by atoms with Gasteiger partial charge in [-0.15, -0.1) is 0 Å². The molecular weight excluding hydrogens is 476 g/mol. The van der Waals surface area contributed by atoms with Gasteiger partial charge >= 0.3 is 6.09 Å². The summed E-state index contributed by atoms with van der Waals surface area (Å²) in [6, 6.07) is 4.94. The standard InChI is InChI=1S/C28H40N2O7/c1-16-12-20-15-21(10-11-22(20)31)30-27(33)17(2)8-7-9-23(35-5)26(37-28(29)34)19(4)14-18(3)25(32)24(13-16)36-6/h7-11,14-16,18,23-26,31-32H,12-13H2,1-6H3,(H2,29,34)(H,30,33)/b9-7-,17-8+,19-14+/t16-,18?,23+,24+,25+,26+/m1/s1. The van der Waals surface area contributed by atoms with Gasteiger partial charge in [0.15, 0.2) is 6.10 Å². The van der Waals surface area contributed by atoms with Gasteiger partial charge in [-0.2, -0.15) is 0 Å². The summed E-state index contributed by atoms with van der Waals surface area (Å²) in [5.41, 5.74) is 7.65. The molecule has 1 unspecified atom stereocenters. The van der Waals surface area contributed by atoms with Gasteiger partial charge in [-0.25, -0.2) is 4.79 Å². The van der Waals surface area contributed by atoms with E-state index in [0.717, 1.165) is 0 Å². The smallest absolute Gasteiger partial charge is 0.405 e. The second-order valence-electron chi connectivity index (χ2n) is 9.67. The van der Waals surface area contributed by atoms with Gasteiger partial charge in [0.05, 0.1) is 12.2 Å². The molecule has 37 heavy (non-hydrogen) atoms. The van der Waals surface area contributed by atoms with Crippen LogP contribution in [0.4, 0.5) is 10.5 Å². The third-order valence-electron chi connectivity index (χ3n) is 6.56. The monoisotopic (exact) mass is 516 g/mol. The first-order valence-electron chi connectivity index (χ1n) is 12.3. The molecule has 1 aromatic rings. The summed E-state index contributed by atoms with van der Waals surface area (Å²) >= 11 is 0. The summed E-state index contributed by atoms with van der Waals surface area (Å²) in [4.78, 5) is 24.4. The molecule has 1 aromatic carbocycles. The molecule has 0 spiro atoms. The molecule has 2 amide bonds. The highest BCUT2D eigenvalue weighted by atomic mass is 16.6. The zero-order valence-corrected chi connectivity index (χ0v) is 22.4. The predicted octanol–water partition coefficient (Wildman–Crippen LogP) is 3.85. The molecule has 0 radical (unpaired) electrons. The Labute approximate surface area is 219 Å². The van der Waals surface area contributed by atoms with E-state index in [1.165, 1.54) is 7.11 Å². The molecule has 204 valence electrons. The van der Waals surface area contributed by atoms with Gasteiger partial charge in [0.2, 0.25) is 0 Å². The molecule has 0 saturated heterocycles. The van der Waals surface area contributed by atoms with Crippen molar-refractivity contribution in [2.75, 3.05) is 19.5 Å². The Kier molecular flexibility index (Phi) is 11.4. The Morgan fingerprint density at radius 2 is 1.86 bits per heavy atom. The van der Waals surface area contributed by atoms with E-state index in [4.69, 9.17) is 19.9 Å². The van der Waals surface area contributed by atoms with Crippen molar-refractivity contribution in [1.82, 2.24) is 0 Å². The number of aliphatic hydroxyl groups is 1. The number of methoxy groups -OCH3 is 2. The van der Waals surface area contributed by atoms with Crippen LogP contribution in [0.3, 0.4) is 0 Å². The Bertz CT molecular complexity index is 1030. The summed E-state index contributed by atoms with van der Waals surface area (Å²) in [5, 5.41) is 24.3. The maximum Gasteiger partial charge on any atom is 0.405 e. The van der Waals surface area contributed by atoms with Gasteiger partial charge < -0.3 is 35.5 Å². The van der Waals surface area contributed by atoms with Gasteiger partial charge in [0.25, 0.3) is 5.91 Å². The van der Waals surface area contributed by atoms with Crippen LogP contribution in [0, 0.1) is 11.8 Å². The Morgan fingerprint density at radius 1 is 1.16 bits per heavy atom. The Morgan fingerprint density at radius 3 is 2.49 bits per heavy atom. The van der Waals surface area contributed by atoms with Crippen LogP contribution in [0.1, 0.15) is 39.7 Å². The van der Waals surface area contributed by atoms with Crippen molar-refractivity contribution in [3.63, 3.8) is 0 Å². The average molecular weight is 517 g/mol. The van der Waals surface area contributed by atoms with E-state index in [1.807, 2.05) is 19.9 Å². The summed E-state index contributed by atoms with van der Waals surface area (Å²) in [6.45, 7) is 7.30. The maximum atomic E-state index is 12.7.